The van der Waals surface area contributed by atoms with E-state index in [1.54, 1.807) is 0 Å². The van der Waals surface area contributed by atoms with Crippen LogP contribution < -0.4 is 21.3 Å². The van der Waals surface area contributed by atoms with Crippen LogP contribution in [0.4, 0.5) is 0 Å². The minimum absolute atomic E-state index is 0.0866. The molecule has 16 heteroatoms. The van der Waals surface area contributed by atoms with E-state index in [4.69, 9.17) is 28.4 Å². The lowest BCUT2D eigenvalue weighted by molar-refractivity contribution is -0.133. The normalized spacial score (nSPS) is 24.8. The summed E-state index contributed by atoms with van der Waals surface area (Å²) in [5.41, 5.74) is 0. The van der Waals surface area contributed by atoms with E-state index >= 15 is 0 Å². The molecule has 1 aliphatic rings. The second-order valence-electron chi connectivity index (χ2n) is 7.74. The van der Waals surface area contributed by atoms with Crippen LogP contribution in [0.5, 0.6) is 0 Å². The Morgan fingerprint density at radius 1 is 0.526 bits per heavy atom. The summed E-state index contributed by atoms with van der Waals surface area (Å²) in [5.74, 6) is -2.28. The molecule has 1 rings (SSSR count). The molecule has 0 aliphatic carbocycles. The Morgan fingerprint density at radius 3 is 1.18 bits per heavy atom. The number of nitrogens with one attached hydrogen (secondary N) is 4. The van der Waals surface area contributed by atoms with E-state index in [0.717, 1.165) is 0 Å². The molecule has 0 spiro atoms. The summed E-state index contributed by atoms with van der Waals surface area (Å²) in [6.07, 6.45) is 0. The van der Waals surface area contributed by atoms with E-state index in [2.05, 4.69) is 21.3 Å². The molecule has 1 heterocycles. The largest absolute Gasteiger partial charge is 0.394 e. The predicted molar refractivity (Wildman–Crippen MR) is 129 cm³/mol. The average Bonchev–Trinajstić information content (AvgIpc) is 2.91. The summed E-state index contributed by atoms with van der Waals surface area (Å²) in [5, 5.41) is 28.6. The third-order valence-electron chi connectivity index (χ3n) is 4.71. The molecule has 6 N–H and O–H groups in total. The van der Waals surface area contributed by atoms with E-state index in [1.165, 1.54) is 0 Å². The quantitative estimate of drug-likeness (QED) is 0.191. The Kier molecular flexibility index (Phi) is 19.9. The van der Waals surface area contributed by atoms with Gasteiger partial charge in [-0.05, 0) is 0 Å². The first-order valence-corrected chi connectivity index (χ1v) is 12.3. The Labute approximate surface area is 221 Å². The second kappa shape index (κ2) is 22.5. The standard InChI is InChI=1S/C22H40N4O12/c27-13-17-21(31)23-1-3-33-5-7-35-8-6-34-4-2-24-22(32)18(14-28)26-20(30)16-38-12-10-36-9-11-37-15-19(29)25-17/h17-18,27-28H,1-16H2,(H,23,31)(H,24,32)(H,25,29)(H,26,30)/t17-,18-/m0/s1. The molecule has 0 saturated carbocycles. The third-order valence-corrected chi connectivity index (χ3v) is 4.71. The van der Waals surface area contributed by atoms with Crippen LogP contribution in [-0.2, 0) is 47.6 Å². The summed E-state index contributed by atoms with van der Waals surface area (Å²) >= 11 is 0. The second-order valence-corrected chi connectivity index (χ2v) is 7.74. The highest BCUT2D eigenvalue weighted by atomic mass is 16.5. The molecule has 0 radical (unpaired) electrons. The number of aliphatic hydroxyl groups is 2. The molecule has 1 fully saturated rings. The van der Waals surface area contributed by atoms with Gasteiger partial charge in [0.15, 0.2) is 0 Å². The molecule has 2 atom stereocenters. The number of carbonyl (C=O) groups excluding carboxylic acids is 4. The van der Waals surface area contributed by atoms with Crippen molar-refractivity contribution in [1.29, 1.82) is 0 Å². The molecule has 0 aromatic rings. The van der Waals surface area contributed by atoms with Gasteiger partial charge in [-0.1, -0.05) is 0 Å². The number of amides is 4. The molecule has 1 saturated heterocycles. The van der Waals surface area contributed by atoms with Crippen LogP contribution in [-0.4, -0.2) is 152 Å². The molecule has 0 aromatic carbocycles. The monoisotopic (exact) mass is 552 g/mol. The highest BCUT2D eigenvalue weighted by molar-refractivity contribution is 5.88. The molecule has 220 valence electrons. The first-order chi connectivity index (χ1) is 18.5. The van der Waals surface area contributed by atoms with Crippen molar-refractivity contribution in [1.82, 2.24) is 21.3 Å². The van der Waals surface area contributed by atoms with E-state index in [9.17, 15) is 29.4 Å². The van der Waals surface area contributed by atoms with Crippen molar-refractivity contribution in [2.24, 2.45) is 0 Å². The van der Waals surface area contributed by atoms with Gasteiger partial charge < -0.3 is 59.9 Å². The van der Waals surface area contributed by atoms with Gasteiger partial charge in [0, 0.05) is 13.1 Å². The van der Waals surface area contributed by atoms with Gasteiger partial charge >= 0.3 is 0 Å². The van der Waals surface area contributed by atoms with E-state index in [-0.39, 0.29) is 79.2 Å². The molecule has 38 heavy (non-hydrogen) atoms. The van der Waals surface area contributed by atoms with Crippen LogP contribution in [0.1, 0.15) is 0 Å². The van der Waals surface area contributed by atoms with Crippen molar-refractivity contribution in [3.8, 4) is 0 Å². The molecule has 0 unspecified atom stereocenters. The van der Waals surface area contributed by atoms with Gasteiger partial charge in [0.05, 0.1) is 79.3 Å². The average molecular weight is 553 g/mol. The number of hydrogen-bond acceptors (Lipinski definition) is 12. The maximum Gasteiger partial charge on any atom is 0.246 e. The zero-order valence-corrected chi connectivity index (χ0v) is 21.4. The smallest absolute Gasteiger partial charge is 0.246 e. The van der Waals surface area contributed by atoms with E-state index in [0.29, 0.717) is 13.2 Å². The van der Waals surface area contributed by atoms with Crippen molar-refractivity contribution >= 4 is 23.6 Å². The number of rotatable bonds is 2. The molecule has 0 aromatic heterocycles. The predicted octanol–water partition coefficient (Wildman–Crippen LogP) is -4.71. The fourth-order valence-electron chi connectivity index (χ4n) is 2.81. The Morgan fingerprint density at radius 2 is 0.842 bits per heavy atom. The minimum Gasteiger partial charge on any atom is -0.394 e. The summed E-state index contributed by atoms with van der Waals surface area (Å²) in [6, 6.07) is -2.25. The maximum absolute atomic E-state index is 12.1. The van der Waals surface area contributed by atoms with Gasteiger partial charge in [0.25, 0.3) is 0 Å². The van der Waals surface area contributed by atoms with Crippen LogP contribution in [0.2, 0.25) is 0 Å². The third kappa shape index (κ3) is 17.1. The highest BCUT2D eigenvalue weighted by Crippen LogP contribution is 1.89. The van der Waals surface area contributed by atoms with Crippen molar-refractivity contribution < 1.29 is 57.8 Å². The van der Waals surface area contributed by atoms with Crippen LogP contribution in [0.3, 0.4) is 0 Å². The lowest BCUT2D eigenvalue weighted by Crippen LogP contribution is -2.50. The topological polar surface area (TPSA) is 212 Å². The van der Waals surface area contributed by atoms with Crippen molar-refractivity contribution in [2.45, 2.75) is 12.1 Å². The molecular weight excluding hydrogens is 512 g/mol. The van der Waals surface area contributed by atoms with Crippen LogP contribution in [0.15, 0.2) is 0 Å². The zero-order valence-electron chi connectivity index (χ0n) is 21.4. The van der Waals surface area contributed by atoms with Gasteiger partial charge in [-0.15, -0.1) is 0 Å². The molecule has 16 nitrogen and oxygen atoms in total. The molecule has 1 aliphatic heterocycles. The number of carbonyl (C=O) groups is 4. The fourth-order valence-corrected chi connectivity index (χ4v) is 2.81. The first-order valence-electron chi connectivity index (χ1n) is 12.3. The minimum atomic E-state index is -1.12. The molecular formula is C22H40N4O12. The number of hydrogen-bond donors (Lipinski definition) is 6. The van der Waals surface area contributed by atoms with Gasteiger partial charge in [0.1, 0.15) is 25.3 Å². The summed E-state index contributed by atoms with van der Waals surface area (Å²) in [4.78, 5) is 48.0. The Bertz CT molecular complexity index is 631. The van der Waals surface area contributed by atoms with Crippen LogP contribution >= 0.6 is 0 Å². The summed E-state index contributed by atoms with van der Waals surface area (Å²) in [6.45, 7) is 0.582. The van der Waals surface area contributed by atoms with Crippen molar-refractivity contribution in [3.63, 3.8) is 0 Å². The van der Waals surface area contributed by atoms with Crippen molar-refractivity contribution in [2.75, 3.05) is 106 Å². The van der Waals surface area contributed by atoms with E-state index < -0.39 is 48.9 Å². The van der Waals surface area contributed by atoms with Crippen LogP contribution in [0, 0.1) is 0 Å². The van der Waals surface area contributed by atoms with E-state index in [1.807, 2.05) is 0 Å². The van der Waals surface area contributed by atoms with Crippen LogP contribution in [0.25, 0.3) is 0 Å². The SMILES string of the molecule is O=C1COCCOCCOCC(=O)N[C@@H](CO)C(=O)NCCOCCOCCOCCNC(=O)[C@H](CO)N1. The van der Waals surface area contributed by atoms with Gasteiger partial charge in [-0.2, -0.15) is 0 Å². The Balaban J connectivity index is 2.43. The summed E-state index contributed by atoms with van der Waals surface area (Å²) < 4.78 is 31.6. The number of aliphatic hydroxyl groups excluding tert-OH is 2. The van der Waals surface area contributed by atoms with Gasteiger partial charge in [-0.3, -0.25) is 19.2 Å². The fraction of sp³-hybridized carbons (Fsp3) is 0.818. The summed E-state index contributed by atoms with van der Waals surface area (Å²) in [7, 11) is 0. The van der Waals surface area contributed by atoms with Crippen molar-refractivity contribution in [3.05, 3.63) is 0 Å². The Hall–Kier alpha value is -2.44. The van der Waals surface area contributed by atoms with Gasteiger partial charge in [0.2, 0.25) is 23.6 Å². The first kappa shape index (κ1) is 33.6. The lowest BCUT2D eigenvalue weighted by atomic mass is 10.3. The maximum atomic E-state index is 12.1. The lowest BCUT2D eigenvalue weighted by Gasteiger charge is -2.17. The van der Waals surface area contributed by atoms with Gasteiger partial charge in [-0.25, -0.2) is 0 Å². The highest BCUT2D eigenvalue weighted by Gasteiger charge is 2.20. The molecule has 0 bridgehead atoms. The molecule has 4 amide bonds. The number of ether oxygens (including phenoxy) is 6. The zero-order chi connectivity index (χ0) is 27.8.